The lowest BCUT2D eigenvalue weighted by atomic mass is 10.2. The van der Waals surface area contributed by atoms with Gasteiger partial charge in [0.1, 0.15) is 25.0 Å². The van der Waals surface area contributed by atoms with Gasteiger partial charge in [-0.1, -0.05) is 0 Å². The number of quaternary nitrogens is 1. The van der Waals surface area contributed by atoms with Crippen molar-refractivity contribution in [2.45, 2.75) is 12.3 Å². The molecule has 8 heteroatoms. The smallest absolute Gasteiger partial charge is 0.314 e. The van der Waals surface area contributed by atoms with Crippen LogP contribution in [0.5, 0.6) is 11.5 Å². The Labute approximate surface area is 157 Å². The summed E-state index contributed by atoms with van der Waals surface area (Å²) in [4.78, 5) is 12.8. The number of hydrogen-bond donors (Lipinski definition) is 1. The minimum absolute atomic E-state index is 0.0966. The first kappa shape index (κ1) is 18.9. The van der Waals surface area contributed by atoms with Crippen molar-refractivity contribution in [2.24, 2.45) is 0 Å². The molecule has 0 aromatic heterocycles. The molecule has 1 saturated heterocycles. The highest BCUT2D eigenvalue weighted by molar-refractivity contribution is 5.51. The number of anilines is 1. The Kier molecular flexibility index (Phi) is 5.78. The highest BCUT2D eigenvalue weighted by Crippen LogP contribution is 2.31. The molecule has 0 bridgehead atoms. The van der Waals surface area contributed by atoms with Crippen molar-refractivity contribution in [2.75, 3.05) is 39.3 Å². The third-order valence-corrected chi connectivity index (χ3v) is 4.48. The van der Waals surface area contributed by atoms with Crippen LogP contribution in [0.2, 0.25) is 0 Å². The van der Waals surface area contributed by atoms with Gasteiger partial charge in [0.15, 0.2) is 5.75 Å². The molecule has 3 rings (SSSR count). The van der Waals surface area contributed by atoms with Gasteiger partial charge in [-0.15, -0.1) is 0 Å². The predicted octanol–water partition coefficient (Wildman–Crippen LogP) is 1.71. The van der Waals surface area contributed by atoms with Crippen molar-refractivity contribution in [3.63, 3.8) is 0 Å². The average molecular weight is 374 g/mol. The van der Waals surface area contributed by atoms with Gasteiger partial charge >= 0.3 is 5.69 Å². The molecule has 144 valence electrons. The minimum Gasteiger partial charge on any atom is -0.496 e. The molecule has 0 unspecified atom stereocenters. The van der Waals surface area contributed by atoms with Crippen molar-refractivity contribution in [1.29, 1.82) is 0 Å². The summed E-state index contributed by atoms with van der Waals surface area (Å²) in [7, 11) is 5.46. The Hall–Kier alpha value is -2.84. The van der Waals surface area contributed by atoms with Crippen molar-refractivity contribution < 1.29 is 24.5 Å². The van der Waals surface area contributed by atoms with Gasteiger partial charge in [0.2, 0.25) is 6.23 Å². The Balaban J connectivity index is 1.60. The van der Waals surface area contributed by atoms with Gasteiger partial charge in [-0.2, -0.15) is 0 Å². The maximum Gasteiger partial charge on any atom is 0.314 e. The van der Waals surface area contributed by atoms with Gasteiger partial charge in [-0.05, 0) is 36.4 Å². The zero-order valence-corrected chi connectivity index (χ0v) is 15.6. The Bertz CT molecular complexity index is 794. The van der Waals surface area contributed by atoms with Crippen molar-refractivity contribution in [3.8, 4) is 11.5 Å². The molecule has 8 nitrogen and oxygen atoms in total. The lowest BCUT2D eigenvalue weighted by molar-refractivity contribution is -0.697. The second-order valence-electron chi connectivity index (χ2n) is 6.54. The summed E-state index contributed by atoms with van der Waals surface area (Å²) in [6.07, 6.45) is -0.245. The lowest BCUT2D eigenvalue weighted by Crippen LogP contribution is -2.82. The molecule has 1 aliphatic rings. The van der Waals surface area contributed by atoms with E-state index in [-0.39, 0.29) is 30.4 Å². The molecule has 1 heterocycles. The van der Waals surface area contributed by atoms with Crippen LogP contribution >= 0.6 is 0 Å². The minimum atomic E-state index is -0.478. The summed E-state index contributed by atoms with van der Waals surface area (Å²) in [6, 6.07) is 12.7. The summed E-state index contributed by atoms with van der Waals surface area (Å²) >= 11 is 0. The second kappa shape index (κ2) is 8.24. The third kappa shape index (κ3) is 4.47. The number of ether oxygens (including phenoxy) is 3. The molecule has 1 fully saturated rings. The SMILES string of the molecule is COc1ccc(OC[C@H]2C[NH2+][C@@H](c3ccc(N(C)C)cc3)O2)c([N+](=O)[O-])c1. The van der Waals surface area contributed by atoms with Crippen LogP contribution in [0, 0.1) is 10.1 Å². The normalized spacial score (nSPS) is 18.9. The number of hydrogen-bond acceptors (Lipinski definition) is 6. The molecule has 2 aromatic rings. The van der Waals surface area contributed by atoms with Crippen LogP contribution in [0.25, 0.3) is 0 Å². The van der Waals surface area contributed by atoms with E-state index in [1.54, 1.807) is 12.1 Å². The van der Waals surface area contributed by atoms with E-state index in [1.807, 2.05) is 31.1 Å². The second-order valence-corrected chi connectivity index (χ2v) is 6.54. The fourth-order valence-corrected chi connectivity index (χ4v) is 2.95. The van der Waals surface area contributed by atoms with E-state index in [0.717, 1.165) is 17.8 Å². The summed E-state index contributed by atoms with van der Waals surface area (Å²) in [6.45, 7) is 0.972. The van der Waals surface area contributed by atoms with E-state index in [4.69, 9.17) is 14.2 Å². The highest BCUT2D eigenvalue weighted by Gasteiger charge is 2.31. The summed E-state index contributed by atoms with van der Waals surface area (Å²) in [5.41, 5.74) is 2.09. The first-order valence-corrected chi connectivity index (χ1v) is 8.69. The third-order valence-electron chi connectivity index (χ3n) is 4.48. The summed E-state index contributed by atoms with van der Waals surface area (Å²) in [5.74, 6) is 0.629. The number of nitro benzene ring substituents is 1. The average Bonchev–Trinajstić information content (AvgIpc) is 3.15. The predicted molar refractivity (Wildman–Crippen MR) is 100 cm³/mol. The largest absolute Gasteiger partial charge is 0.496 e. The number of nitrogens with two attached hydrogens (primary N) is 1. The molecular formula is C19H24N3O5+. The zero-order chi connectivity index (χ0) is 19.4. The molecule has 27 heavy (non-hydrogen) atoms. The van der Waals surface area contributed by atoms with E-state index in [0.29, 0.717) is 5.75 Å². The summed E-state index contributed by atoms with van der Waals surface area (Å²) < 4.78 is 16.7. The molecule has 1 aliphatic heterocycles. The van der Waals surface area contributed by atoms with Crippen LogP contribution in [0.3, 0.4) is 0 Å². The lowest BCUT2D eigenvalue weighted by Gasteiger charge is -2.14. The number of benzene rings is 2. The fraction of sp³-hybridized carbons (Fsp3) is 0.368. The van der Waals surface area contributed by atoms with Crippen LogP contribution in [-0.4, -0.2) is 45.4 Å². The summed E-state index contributed by atoms with van der Waals surface area (Å²) in [5, 5.41) is 13.3. The first-order valence-electron chi connectivity index (χ1n) is 8.69. The Morgan fingerprint density at radius 2 is 2.00 bits per heavy atom. The van der Waals surface area contributed by atoms with E-state index in [1.165, 1.54) is 13.2 Å². The Morgan fingerprint density at radius 1 is 1.26 bits per heavy atom. The fourth-order valence-electron chi connectivity index (χ4n) is 2.95. The van der Waals surface area contributed by atoms with Gasteiger partial charge in [-0.25, -0.2) is 0 Å². The van der Waals surface area contributed by atoms with E-state index >= 15 is 0 Å². The quantitative estimate of drug-likeness (QED) is 0.586. The molecule has 0 radical (unpaired) electrons. The van der Waals surface area contributed by atoms with E-state index < -0.39 is 4.92 Å². The maximum atomic E-state index is 11.2. The van der Waals surface area contributed by atoms with E-state index in [9.17, 15) is 10.1 Å². The number of nitrogens with zero attached hydrogens (tertiary/aromatic N) is 2. The van der Waals surface area contributed by atoms with Gasteiger partial charge in [0.25, 0.3) is 0 Å². The number of methoxy groups -OCH3 is 1. The van der Waals surface area contributed by atoms with Gasteiger partial charge in [0.05, 0.1) is 18.1 Å². The van der Waals surface area contributed by atoms with Gasteiger partial charge in [0, 0.05) is 25.3 Å². The molecule has 0 saturated carbocycles. The molecule has 0 spiro atoms. The highest BCUT2D eigenvalue weighted by atomic mass is 16.6. The van der Waals surface area contributed by atoms with Crippen molar-refractivity contribution >= 4 is 11.4 Å². The Morgan fingerprint density at radius 3 is 2.63 bits per heavy atom. The van der Waals surface area contributed by atoms with Crippen molar-refractivity contribution in [1.82, 2.24) is 0 Å². The first-order chi connectivity index (χ1) is 13.0. The van der Waals surface area contributed by atoms with Gasteiger partial charge < -0.3 is 24.4 Å². The van der Waals surface area contributed by atoms with Crippen molar-refractivity contribution in [3.05, 3.63) is 58.1 Å². The topological polar surface area (TPSA) is 90.7 Å². The molecule has 0 aliphatic carbocycles. The monoisotopic (exact) mass is 374 g/mol. The maximum absolute atomic E-state index is 11.2. The molecule has 2 N–H and O–H groups in total. The van der Waals surface area contributed by atoms with Crippen LogP contribution < -0.4 is 19.7 Å². The van der Waals surface area contributed by atoms with Gasteiger partial charge in [-0.3, -0.25) is 10.1 Å². The van der Waals surface area contributed by atoms with Crippen LogP contribution in [0.1, 0.15) is 11.8 Å². The standard InChI is InChI=1S/C19H23N3O5/c1-21(2)14-6-4-13(5-7-14)19-20-11-16(27-19)12-26-18-9-8-15(25-3)10-17(18)22(23)24/h4-10,16,19-20H,11-12H2,1-3H3/p+1/t16-,19-/m1/s1. The van der Waals surface area contributed by atoms with E-state index in [2.05, 4.69) is 17.4 Å². The van der Waals surface area contributed by atoms with Crippen LogP contribution in [0.15, 0.2) is 42.5 Å². The number of rotatable bonds is 7. The zero-order valence-electron chi connectivity index (χ0n) is 15.6. The molecule has 0 amide bonds. The number of nitro groups is 1. The van der Waals surface area contributed by atoms with Crippen LogP contribution in [-0.2, 0) is 4.74 Å². The van der Waals surface area contributed by atoms with Crippen LogP contribution in [0.4, 0.5) is 11.4 Å². The molecule has 2 atom stereocenters. The molecule has 2 aromatic carbocycles. The molecular weight excluding hydrogens is 350 g/mol.